The molecule has 1 amide bonds. The molecule has 3 rings (SSSR count). The van der Waals surface area contributed by atoms with Crippen LogP contribution >= 0.6 is 12.4 Å². The van der Waals surface area contributed by atoms with Gasteiger partial charge in [-0.1, -0.05) is 0 Å². The number of nitrogens with zero attached hydrogens (tertiary/aromatic N) is 1. The van der Waals surface area contributed by atoms with Gasteiger partial charge in [-0.25, -0.2) is 9.37 Å². The van der Waals surface area contributed by atoms with Crippen LogP contribution in [-0.2, 0) is 16.1 Å². The Morgan fingerprint density at radius 3 is 2.84 bits per heavy atom. The first kappa shape index (κ1) is 19.9. The van der Waals surface area contributed by atoms with Crippen molar-refractivity contribution in [2.45, 2.75) is 44.2 Å². The van der Waals surface area contributed by atoms with Crippen molar-refractivity contribution in [3.05, 3.63) is 23.1 Å². The van der Waals surface area contributed by atoms with Crippen molar-refractivity contribution in [1.29, 1.82) is 0 Å². The summed E-state index contributed by atoms with van der Waals surface area (Å²) in [6.07, 6.45) is 3.35. The third kappa shape index (κ3) is 4.80. The fourth-order valence-corrected chi connectivity index (χ4v) is 3.30. The lowest BCUT2D eigenvalue weighted by Crippen LogP contribution is -2.40. The number of hydrogen-bond acceptors (Lipinski definition) is 5. The molecule has 0 unspecified atom stereocenters. The summed E-state index contributed by atoms with van der Waals surface area (Å²) in [6, 6.07) is 1.27. The van der Waals surface area contributed by atoms with Crippen molar-refractivity contribution in [2.75, 3.05) is 26.9 Å². The Bertz CT molecular complexity index is 591. The number of ether oxygens (including phenoxy) is 2. The maximum Gasteiger partial charge on any atom is 0.237 e. The zero-order chi connectivity index (χ0) is 16.9. The van der Waals surface area contributed by atoms with Gasteiger partial charge in [0.25, 0.3) is 0 Å². The third-order valence-corrected chi connectivity index (χ3v) is 4.67. The molecule has 2 N–H and O–H groups in total. The van der Waals surface area contributed by atoms with Crippen LogP contribution in [0.15, 0.2) is 6.07 Å². The summed E-state index contributed by atoms with van der Waals surface area (Å²) < 4.78 is 25.1. The average Bonchev–Trinajstić information content (AvgIpc) is 3.15. The number of carbonyl (C=O) groups is 1. The van der Waals surface area contributed by atoms with Crippen LogP contribution in [0.3, 0.4) is 0 Å². The van der Waals surface area contributed by atoms with E-state index in [2.05, 4.69) is 15.6 Å². The van der Waals surface area contributed by atoms with Gasteiger partial charge in [-0.3, -0.25) is 4.79 Å². The van der Waals surface area contributed by atoms with Gasteiger partial charge in [0, 0.05) is 31.2 Å². The number of hydrogen-bond donors (Lipinski definition) is 2. The second kappa shape index (κ2) is 9.31. The molecule has 6 nitrogen and oxygen atoms in total. The highest BCUT2D eigenvalue weighted by Crippen LogP contribution is 2.30. The lowest BCUT2D eigenvalue weighted by molar-refractivity contribution is -0.122. The maximum absolute atomic E-state index is 14.5. The van der Waals surface area contributed by atoms with Crippen LogP contribution in [-0.4, -0.2) is 43.8 Å². The molecule has 0 bridgehead atoms. The van der Waals surface area contributed by atoms with Gasteiger partial charge in [0.15, 0.2) is 0 Å². The standard InChI is InChI=1S/C17H24FN3O3.ClH/c1-23-17-12(10-20-16(22)14-3-2-6-19-14)9-13(18)15(21-17)11-4-7-24-8-5-11;/h9,11,14,19H,2-8,10H2,1H3,(H,20,22);1H/t14-;/m0./s1. The fraction of sp³-hybridized carbons (Fsp3) is 0.647. The molecule has 2 fully saturated rings. The lowest BCUT2D eigenvalue weighted by atomic mass is 9.95. The molecule has 2 aliphatic rings. The highest BCUT2D eigenvalue weighted by Gasteiger charge is 2.25. The van der Waals surface area contributed by atoms with Crippen LogP contribution in [0.2, 0.25) is 0 Å². The highest BCUT2D eigenvalue weighted by atomic mass is 35.5. The van der Waals surface area contributed by atoms with E-state index < -0.39 is 0 Å². The van der Waals surface area contributed by atoms with Gasteiger partial charge in [-0.2, -0.15) is 0 Å². The first-order valence-electron chi connectivity index (χ1n) is 8.51. The van der Waals surface area contributed by atoms with E-state index in [1.807, 2.05) is 0 Å². The Labute approximate surface area is 153 Å². The zero-order valence-electron chi connectivity index (χ0n) is 14.3. The van der Waals surface area contributed by atoms with Crippen molar-refractivity contribution in [1.82, 2.24) is 15.6 Å². The molecule has 2 aliphatic heterocycles. The quantitative estimate of drug-likeness (QED) is 0.825. The summed E-state index contributed by atoms with van der Waals surface area (Å²) in [6.45, 7) is 2.32. The summed E-state index contributed by atoms with van der Waals surface area (Å²) in [7, 11) is 1.51. The summed E-state index contributed by atoms with van der Waals surface area (Å²) in [4.78, 5) is 16.4. The minimum atomic E-state index is -0.342. The lowest BCUT2D eigenvalue weighted by Gasteiger charge is -2.23. The molecular formula is C17H25ClFN3O3. The molecule has 2 saturated heterocycles. The molecular weight excluding hydrogens is 349 g/mol. The predicted octanol–water partition coefficient (Wildman–Crippen LogP) is 1.91. The number of carbonyl (C=O) groups excluding carboxylic acids is 1. The number of aromatic nitrogens is 1. The van der Waals surface area contributed by atoms with E-state index >= 15 is 0 Å². The summed E-state index contributed by atoms with van der Waals surface area (Å²) >= 11 is 0. The first-order chi connectivity index (χ1) is 11.7. The van der Waals surface area contributed by atoms with Crippen LogP contribution < -0.4 is 15.4 Å². The molecule has 1 aromatic rings. The van der Waals surface area contributed by atoms with Gasteiger partial charge in [-0.05, 0) is 38.3 Å². The minimum Gasteiger partial charge on any atom is -0.481 e. The predicted molar refractivity (Wildman–Crippen MR) is 93.7 cm³/mol. The topological polar surface area (TPSA) is 72.5 Å². The smallest absolute Gasteiger partial charge is 0.237 e. The van der Waals surface area contributed by atoms with E-state index in [-0.39, 0.29) is 42.6 Å². The third-order valence-electron chi connectivity index (χ3n) is 4.67. The number of halogens is 2. The van der Waals surface area contributed by atoms with Crippen molar-refractivity contribution in [3.8, 4) is 5.88 Å². The molecule has 25 heavy (non-hydrogen) atoms. The van der Waals surface area contributed by atoms with E-state index in [9.17, 15) is 9.18 Å². The second-order valence-corrected chi connectivity index (χ2v) is 6.28. The van der Waals surface area contributed by atoms with Gasteiger partial charge < -0.3 is 20.1 Å². The monoisotopic (exact) mass is 373 g/mol. The van der Waals surface area contributed by atoms with E-state index in [1.165, 1.54) is 13.2 Å². The van der Waals surface area contributed by atoms with E-state index in [0.717, 1.165) is 32.2 Å². The van der Waals surface area contributed by atoms with Crippen LogP contribution in [0.25, 0.3) is 0 Å². The van der Waals surface area contributed by atoms with E-state index in [0.29, 0.717) is 30.4 Å². The van der Waals surface area contributed by atoms with E-state index in [4.69, 9.17) is 9.47 Å². The maximum atomic E-state index is 14.5. The number of nitrogens with one attached hydrogen (secondary N) is 2. The van der Waals surface area contributed by atoms with Gasteiger partial charge in [0.1, 0.15) is 5.82 Å². The number of pyridine rings is 1. The summed E-state index contributed by atoms with van der Waals surface area (Å²) in [5.41, 5.74) is 0.986. The van der Waals surface area contributed by atoms with Gasteiger partial charge >= 0.3 is 0 Å². The highest BCUT2D eigenvalue weighted by molar-refractivity contribution is 5.85. The van der Waals surface area contributed by atoms with Crippen molar-refractivity contribution < 1.29 is 18.7 Å². The second-order valence-electron chi connectivity index (χ2n) is 6.28. The molecule has 0 saturated carbocycles. The Hall–Kier alpha value is -1.44. The summed E-state index contributed by atoms with van der Waals surface area (Å²) in [5.74, 6) is 0.0194. The number of methoxy groups -OCH3 is 1. The molecule has 0 aliphatic carbocycles. The number of amides is 1. The van der Waals surface area contributed by atoms with Crippen LogP contribution in [0.1, 0.15) is 42.9 Å². The van der Waals surface area contributed by atoms with Crippen molar-refractivity contribution in [3.63, 3.8) is 0 Å². The Morgan fingerprint density at radius 1 is 1.44 bits per heavy atom. The zero-order valence-corrected chi connectivity index (χ0v) is 15.2. The summed E-state index contributed by atoms with van der Waals surface area (Å²) in [5, 5.41) is 5.97. The molecule has 8 heteroatoms. The van der Waals surface area contributed by atoms with Crippen LogP contribution in [0, 0.1) is 5.82 Å². The Balaban J connectivity index is 0.00000225. The molecule has 1 atom stereocenters. The van der Waals surface area contributed by atoms with Gasteiger partial charge in [0.05, 0.1) is 18.8 Å². The van der Waals surface area contributed by atoms with Crippen LogP contribution in [0.4, 0.5) is 4.39 Å². The SMILES string of the molecule is COc1nc(C2CCOCC2)c(F)cc1CNC(=O)[C@@H]1CCCN1.Cl. The minimum absolute atomic E-state index is 0. The Kier molecular flexibility index (Phi) is 7.40. The average molecular weight is 374 g/mol. The van der Waals surface area contributed by atoms with Gasteiger partial charge in [0.2, 0.25) is 11.8 Å². The van der Waals surface area contributed by atoms with E-state index in [1.54, 1.807) is 0 Å². The molecule has 0 aromatic carbocycles. The molecule has 0 spiro atoms. The van der Waals surface area contributed by atoms with Crippen molar-refractivity contribution >= 4 is 18.3 Å². The normalized spacial score (nSPS) is 20.8. The molecule has 1 aromatic heterocycles. The Morgan fingerprint density at radius 2 is 2.20 bits per heavy atom. The first-order valence-corrected chi connectivity index (χ1v) is 8.51. The molecule has 0 radical (unpaired) electrons. The molecule has 140 valence electrons. The van der Waals surface area contributed by atoms with Crippen LogP contribution in [0.5, 0.6) is 5.88 Å². The van der Waals surface area contributed by atoms with Crippen molar-refractivity contribution in [2.24, 2.45) is 0 Å². The number of rotatable bonds is 5. The molecule has 3 heterocycles. The largest absolute Gasteiger partial charge is 0.481 e. The van der Waals surface area contributed by atoms with Gasteiger partial charge in [-0.15, -0.1) is 12.4 Å². The fourth-order valence-electron chi connectivity index (χ4n) is 3.30.